The SMILES string of the molecule is COc1ccc(Cl)cc1N1C(=O)CC(NNC(=O)c2ccc(C(C)(C)C)cc2)C1=O. The fraction of sp³-hybridized carbons (Fsp3) is 0.318. The van der Waals surface area contributed by atoms with Crippen LogP contribution in [0.25, 0.3) is 0 Å². The number of hydrogen-bond donors (Lipinski definition) is 2. The summed E-state index contributed by atoms with van der Waals surface area (Å²) < 4.78 is 5.24. The Hall–Kier alpha value is -2.90. The number of imide groups is 1. The second kappa shape index (κ2) is 8.45. The monoisotopic (exact) mass is 429 g/mol. The molecule has 0 bridgehead atoms. The third kappa shape index (κ3) is 4.47. The molecule has 3 rings (SSSR count). The molecule has 1 saturated heterocycles. The molecule has 2 aromatic carbocycles. The Kier molecular flexibility index (Phi) is 6.14. The number of methoxy groups -OCH3 is 1. The van der Waals surface area contributed by atoms with Crippen LogP contribution in [0.5, 0.6) is 5.75 Å². The lowest BCUT2D eigenvalue weighted by atomic mass is 9.87. The lowest BCUT2D eigenvalue weighted by molar-refractivity contribution is -0.121. The first-order chi connectivity index (χ1) is 14.1. The van der Waals surface area contributed by atoms with Crippen LogP contribution < -0.4 is 20.5 Å². The first-order valence-electron chi connectivity index (χ1n) is 9.48. The minimum atomic E-state index is -0.890. The molecule has 0 aliphatic carbocycles. The Morgan fingerprint density at radius 3 is 2.40 bits per heavy atom. The molecule has 8 heteroatoms. The van der Waals surface area contributed by atoms with Crippen molar-refractivity contribution in [3.63, 3.8) is 0 Å². The van der Waals surface area contributed by atoms with E-state index < -0.39 is 23.8 Å². The third-order valence-electron chi connectivity index (χ3n) is 4.90. The van der Waals surface area contributed by atoms with Gasteiger partial charge in [0, 0.05) is 10.6 Å². The highest BCUT2D eigenvalue weighted by Gasteiger charge is 2.41. The molecule has 2 aromatic rings. The van der Waals surface area contributed by atoms with E-state index in [1.54, 1.807) is 24.3 Å². The number of nitrogens with one attached hydrogen (secondary N) is 2. The van der Waals surface area contributed by atoms with Crippen LogP contribution in [-0.4, -0.2) is 30.9 Å². The molecule has 0 radical (unpaired) electrons. The number of carbonyl (C=O) groups is 3. The molecule has 1 aliphatic heterocycles. The van der Waals surface area contributed by atoms with Gasteiger partial charge in [0.05, 0.1) is 19.2 Å². The smallest absolute Gasteiger partial charge is 0.265 e. The maximum atomic E-state index is 12.8. The number of halogens is 1. The summed E-state index contributed by atoms with van der Waals surface area (Å²) in [5.41, 5.74) is 6.99. The van der Waals surface area contributed by atoms with Gasteiger partial charge in [-0.2, -0.15) is 0 Å². The normalized spacial score (nSPS) is 16.7. The van der Waals surface area contributed by atoms with E-state index in [1.807, 2.05) is 12.1 Å². The number of hydrogen-bond acceptors (Lipinski definition) is 5. The van der Waals surface area contributed by atoms with E-state index in [0.717, 1.165) is 10.5 Å². The summed E-state index contributed by atoms with van der Waals surface area (Å²) in [6.45, 7) is 6.27. The van der Waals surface area contributed by atoms with Gasteiger partial charge in [0.2, 0.25) is 5.91 Å². The average Bonchev–Trinajstić information content (AvgIpc) is 2.98. The number of nitrogens with zero attached hydrogens (tertiary/aromatic N) is 1. The lowest BCUT2D eigenvalue weighted by Gasteiger charge is -2.19. The predicted molar refractivity (Wildman–Crippen MR) is 115 cm³/mol. The van der Waals surface area contributed by atoms with E-state index in [4.69, 9.17) is 16.3 Å². The number of ether oxygens (including phenoxy) is 1. The van der Waals surface area contributed by atoms with Crippen LogP contribution in [0.2, 0.25) is 5.02 Å². The molecule has 158 valence electrons. The fourth-order valence-corrected chi connectivity index (χ4v) is 3.35. The maximum absolute atomic E-state index is 12.8. The van der Waals surface area contributed by atoms with E-state index in [9.17, 15) is 14.4 Å². The standard InChI is InChI=1S/C22H24ClN3O4/c1-22(2,3)14-7-5-13(6-8-14)20(28)25-24-16-12-19(27)26(21(16)29)17-11-15(23)9-10-18(17)30-4/h5-11,16,24H,12H2,1-4H3,(H,25,28). The molecule has 1 atom stereocenters. The Bertz CT molecular complexity index is 983. The third-order valence-corrected chi connectivity index (χ3v) is 5.14. The molecular formula is C22H24ClN3O4. The Labute approximate surface area is 180 Å². The van der Waals surface area contributed by atoms with Crippen molar-refractivity contribution in [1.82, 2.24) is 10.9 Å². The molecule has 1 heterocycles. The van der Waals surface area contributed by atoms with Crippen molar-refractivity contribution in [2.24, 2.45) is 0 Å². The minimum Gasteiger partial charge on any atom is -0.495 e. The number of rotatable bonds is 5. The zero-order chi connectivity index (χ0) is 22.1. The number of benzene rings is 2. The molecule has 30 heavy (non-hydrogen) atoms. The van der Waals surface area contributed by atoms with Crippen LogP contribution in [0.15, 0.2) is 42.5 Å². The average molecular weight is 430 g/mol. The first-order valence-corrected chi connectivity index (χ1v) is 9.86. The number of anilines is 1. The molecule has 1 unspecified atom stereocenters. The van der Waals surface area contributed by atoms with Gasteiger partial charge in [0.25, 0.3) is 11.8 Å². The predicted octanol–water partition coefficient (Wildman–Crippen LogP) is 3.21. The van der Waals surface area contributed by atoms with E-state index >= 15 is 0 Å². The van der Waals surface area contributed by atoms with Crippen LogP contribution in [-0.2, 0) is 15.0 Å². The van der Waals surface area contributed by atoms with Gasteiger partial charge in [-0.05, 0) is 41.3 Å². The summed E-state index contributed by atoms with van der Waals surface area (Å²) in [5, 5.41) is 0.370. The largest absolute Gasteiger partial charge is 0.495 e. The van der Waals surface area contributed by atoms with Gasteiger partial charge in [-0.1, -0.05) is 44.5 Å². The number of hydrazine groups is 1. The quantitative estimate of drug-likeness (QED) is 0.563. The Morgan fingerprint density at radius 2 is 1.80 bits per heavy atom. The summed E-state index contributed by atoms with van der Waals surface area (Å²) in [6.07, 6.45) is -0.0995. The van der Waals surface area contributed by atoms with Crippen molar-refractivity contribution in [2.45, 2.75) is 38.6 Å². The molecule has 1 aliphatic rings. The van der Waals surface area contributed by atoms with E-state index in [0.29, 0.717) is 16.3 Å². The van der Waals surface area contributed by atoms with Gasteiger partial charge in [-0.3, -0.25) is 19.8 Å². The van der Waals surface area contributed by atoms with Crippen LogP contribution in [0.3, 0.4) is 0 Å². The van der Waals surface area contributed by atoms with Gasteiger partial charge in [0.15, 0.2) is 0 Å². The van der Waals surface area contributed by atoms with Crippen molar-refractivity contribution in [3.8, 4) is 5.75 Å². The summed E-state index contributed by atoms with van der Waals surface area (Å²) in [5.74, 6) is -0.954. The van der Waals surface area contributed by atoms with Gasteiger partial charge >= 0.3 is 0 Å². The molecule has 7 nitrogen and oxygen atoms in total. The summed E-state index contributed by atoms with van der Waals surface area (Å²) in [6, 6.07) is 11.0. The van der Waals surface area contributed by atoms with Crippen LogP contribution in [0, 0.1) is 0 Å². The van der Waals surface area contributed by atoms with Crippen molar-refractivity contribution in [3.05, 3.63) is 58.6 Å². The van der Waals surface area contributed by atoms with Crippen LogP contribution in [0.1, 0.15) is 43.1 Å². The topological polar surface area (TPSA) is 87.7 Å². The zero-order valence-corrected chi connectivity index (χ0v) is 18.0. The Morgan fingerprint density at radius 1 is 1.13 bits per heavy atom. The van der Waals surface area contributed by atoms with E-state index in [2.05, 4.69) is 31.6 Å². The van der Waals surface area contributed by atoms with Gasteiger partial charge in [0.1, 0.15) is 11.8 Å². The fourth-order valence-electron chi connectivity index (χ4n) is 3.18. The lowest BCUT2D eigenvalue weighted by Crippen LogP contribution is -2.48. The van der Waals surface area contributed by atoms with Crippen molar-refractivity contribution in [2.75, 3.05) is 12.0 Å². The summed E-state index contributed by atoms with van der Waals surface area (Å²) >= 11 is 6.02. The van der Waals surface area contributed by atoms with Crippen molar-refractivity contribution in [1.29, 1.82) is 0 Å². The van der Waals surface area contributed by atoms with Gasteiger partial charge in [-0.25, -0.2) is 10.3 Å². The molecule has 0 saturated carbocycles. The Balaban J connectivity index is 1.69. The highest BCUT2D eigenvalue weighted by Crippen LogP contribution is 2.34. The zero-order valence-electron chi connectivity index (χ0n) is 17.3. The molecule has 2 N–H and O–H groups in total. The maximum Gasteiger partial charge on any atom is 0.265 e. The summed E-state index contributed by atoms with van der Waals surface area (Å²) in [7, 11) is 1.44. The highest BCUT2D eigenvalue weighted by molar-refractivity contribution is 6.31. The van der Waals surface area contributed by atoms with Crippen LogP contribution in [0.4, 0.5) is 5.69 Å². The summed E-state index contributed by atoms with van der Waals surface area (Å²) in [4.78, 5) is 38.7. The van der Waals surface area contributed by atoms with Gasteiger partial charge in [-0.15, -0.1) is 0 Å². The molecule has 0 aromatic heterocycles. The second-order valence-electron chi connectivity index (χ2n) is 8.07. The highest BCUT2D eigenvalue weighted by atomic mass is 35.5. The molecular weight excluding hydrogens is 406 g/mol. The molecule has 0 spiro atoms. The minimum absolute atomic E-state index is 0.0191. The number of amides is 3. The molecule has 1 fully saturated rings. The first kappa shape index (κ1) is 21.8. The van der Waals surface area contributed by atoms with Gasteiger partial charge < -0.3 is 4.74 Å². The van der Waals surface area contributed by atoms with E-state index in [-0.39, 0.29) is 17.5 Å². The number of carbonyl (C=O) groups excluding carboxylic acids is 3. The van der Waals surface area contributed by atoms with Crippen molar-refractivity contribution < 1.29 is 19.1 Å². The van der Waals surface area contributed by atoms with E-state index in [1.165, 1.54) is 13.2 Å². The van der Waals surface area contributed by atoms with Crippen LogP contribution >= 0.6 is 11.6 Å². The molecule has 3 amide bonds. The second-order valence-corrected chi connectivity index (χ2v) is 8.50. The van der Waals surface area contributed by atoms with Crippen molar-refractivity contribution >= 4 is 35.0 Å².